The van der Waals surface area contributed by atoms with Gasteiger partial charge in [0.2, 0.25) is 0 Å². The Labute approximate surface area is 223 Å². The molecule has 199 valence electrons. The number of hydrogen-bond acceptors (Lipinski definition) is 1. The topological polar surface area (TPSA) is 9.23 Å². The van der Waals surface area contributed by atoms with E-state index in [2.05, 4.69) is 86.6 Å². The molecule has 1 nitrogen and oxygen atoms in total. The second-order valence-electron chi connectivity index (χ2n) is 12.5. The van der Waals surface area contributed by atoms with Crippen molar-refractivity contribution in [2.75, 3.05) is 0 Å². The lowest BCUT2D eigenvalue weighted by Gasteiger charge is -2.55. The van der Waals surface area contributed by atoms with Crippen LogP contribution in [0.2, 0.25) is 33.9 Å². The fraction of sp³-hybridized carbons (Fsp3) is 0.625. The van der Waals surface area contributed by atoms with Crippen molar-refractivity contribution in [2.24, 2.45) is 0 Å². The first-order valence-corrected chi connectivity index (χ1v) is 19.3. The average Bonchev–Trinajstić information content (AvgIpc) is 3.18. The number of unbranched alkanes of at least 4 members (excludes halogenated alkanes) is 2. The molecule has 0 heterocycles. The van der Waals surface area contributed by atoms with Crippen LogP contribution in [-0.4, -0.2) is 16.4 Å². The molecule has 2 aromatic rings. The molecule has 0 aromatic heterocycles. The minimum absolute atomic E-state index is 0.120. The second kappa shape index (κ2) is 11.6. The summed E-state index contributed by atoms with van der Waals surface area (Å²) in [5.41, 5.74) is 5.07. The average molecular weight is 526 g/mol. The van der Waals surface area contributed by atoms with E-state index in [1.165, 1.54) is 61.0 Å². The Morgan fingerprint density at radius 3 is 2.14 bits per heavy atom. The van der Waals surface area contributed by atoms with Gasteiger partial charge < -0.3 is 4.43 Å². The van der Waals surface area contributed by atoms with E-state index in [1.807, 2.05) is 6.07 Å². The number of hydrogen-bond donors (Lipinski definition) is 0. The van der Waals surface area contributed by atoms with Crippen LogP contribution in [0.5, 0.6) is 5.75 Å². The highest BCUT2D eigenvalue weighted by atomic mass is 28.4. The molecule has 0 amide bonds. The van der Waals surface area contributed by atoms with Gasteiger partial charge in [0.15, 0.2) is 0 Å². The zero-order valence-electron chi connectivity index (χ0n) is 24.5. The Morgan fingerprint density at radius 2 is 1.58 bits per heavy atom. The van der Waals surface area contributed by atoms with Crippen molar-refractivity contribution < 1.29 is 8.82 Å². The maximum Gasteiger partial charge on any atom is 0.259 e. The normalized spacial score (nSPS) is 16.0. The molecule has 0 N–H and O–H groups in total. The van der Waals surface area contributed by atoms with E-state index < -0.39 is 16.4 Å². The highest BCUT2D eigenvalue weighted by Crippen LogP contribution is 2.57. The Balaban J connectivity index is 2.12. The molecule has 2 aromatic carbocycles. The van der Waals surface area contributed by atoms with Crippen LogP contribution < -0.4 is 4.43 Å². The Hall–Kier alpha value is -1.40. The van der Waals surface area contributed by atoms with Gasteiger partial charge in [-0.2, -0.15) is 0 Å². The third kappa shape index (κ3) is 5.27. The summed E-state index contributed by atoms with van der Waals surface area (Å²) in [6.45, 7) is 22.0. The van der Waals surface area contributed by atoms with E-state index in [1.54, 1.807) is 0 Å². The first kappa shape index (κ1) is 29.2. The monoisotopic (exact) mass is 525 g/mol. The van der Waals surface area contributed by atoms with Crippen LogP contribution >= 0.6 is 0 Å². The lowest BCUT2D eigenvalue weighted by molar-refractivity contribution is 0.437. The lowest BCUT2D eigenvalue weighted by atomic mass is 10.1. The van der Waals surface area contributed by atoms with Crippen LogP contribution in [0.4, 0.5) is 4.39 Å². The van der Waals surface area contributed by atoms with Crippen LogP contribution in [0.15, 0.2) is 30.3 Å². The summed E-state index contributed by atoms with van der Waals surface area (Å²) >= 11 is 0. The van der Waals surface area contributed by atoms with Gasteiger partial charge in [0.05, 0.1) is 8.07 Å². The lowest BCUT2D eigenvalue weighted by Crippen LogP contribution is -2.63. The predicted molar refractivity (Wildman–Crippen MR) is 160 cm³/mol. The first-order valence-electron chi connectivity index (χ1n) is 14.5. The van der Waals surface area contributed by atoms with Gasteiger partial charge >= 0.3 is 0 Å². The van der Waals surface area contributed by atoms with Gasteiger partial charge in [-0.15, -0.1) is 0 Å². The van der Waals surface area contributed by atoms with Crippen LogP contribution in [-0.2, 0) is 6.42 Å². The molecule has 0 aliphatic heterocycles. The Kier molecular flexibility index (Phi) is 9.36. The minimum Gasteiger partial charge on any atom is -0.543 e. The quantitative estimate of drug-likeness (QED) is 0.169. The van der Waals surface area contributed by atoms with Gasteiger partial charge in [-0.25, -0.2) is 4.39 Å². The van der Waals surface area contributed by atoms with Crippen molar-refractivity contribution in [3.63, 3.8) is 0 Å². The van der Waals surface area contributed by atoms with Crippen LogP contribution in [0.1, 0.15) is 99.1 Å². The van der Waals surface area contributed by atoms with Crippen molar-refractivity contribution in [1.82, 2.24) is 0 Å². The standard InChI is InChI=1S/C32H50FOSi2/c1-10-14-15-16-31(35(11-2,12-3)13-4)36(24(5)6,32(7,8)9)34-28-18-20-30-26(23-28)21-25-22-27(33)17-19-29(25)30/h17-20,23-24,31H,10-16,21H2,1-9H3. The zero-order valence-corrected chi connectivity index (χ0v) is 26.5. The molecule has 0 fully saturated rings. The molecule has 2 unspecified atom stereocenters. The summed E-state index contributed by atoms with van der Waals surface area (Å²) < 4.78 is 21.4. The summed E-state index contributed by atoms with van der Waals surface area (Å²) in [4.78, 5) is 0. The Morgan fingerprint density at radius 1 is 0.944 bits per heavy atom. The number of rotatable bonds is 12. The largest absolute Gasteiger partial charge is 0.543 e. The molecule has 36 heavy (non-hydrogen) atoms. The van der Waals surface area contributed by atoms with E-state index >= 15 is 0 Å². The third-order valence-corrected chi connectivity index (χ3v) is 24.6. The molecule has 0 spiro atoms. The summed E-state index contributed by atoms with van der Waals surface area (Å²) in [5, 5.41) is 0.846. The summed E-state index contributed by atoms with van der Waals surface area (Å²) in [6, 6.07) is 17.1. The maximum absolute atomic E-state index is 13.9. The van der Waals surface area contributed by atoms with Gasteiger partial charge in [0.1, 0.15) is 11.6 Å². The minimum atomic E-state index is -2.32. The number of benzene rings is 2. The fourth-order valence-corrected chi connectivity index (χ4v) is 24.7. The van der Waals surface area contributed by atoms with Gasteiger partial charge in [0, 0.05) is 6.07 Å². The maximum atomic E-state index is 13.9. The molecule has 3 rings (SSSR count). The van der Waals surface area contributed by atoms with E-state index in [0.717, 1.165) is 28.5 Å². The van der Waals surface area contributed by atoms with E-state index in [4.69, 9.17) is 4.43 Å². The summed E-state index contributed by atoms with van der Waals surface area (Å²) in [5.74, 6) is 0.760. The molecule has 0 saturated carbocycles. The van der Waals surface area contributed by atoms with Crippen molar-refractivity contribution in [1.29, 1.82) is 0 Å². The molecule has 0 bridgehead atoms. The van der Waals surface area contributed by atoms with Crippen molar-refractivity contribution in [2.45, 2.75) is 128 Å². The SMILES string of the molecule is CCCCCC([Si](CC)(CC)CC)[Si](Oc1ccc2c(c1)Cc1[c]c(F)ccc1-2)(C(C)C)C(C)(C)C. The highest BCUT2D eigenvalue weighted by Gasteiger charge is 2.61. The van der Waals surface area contributed by atoms with Gasteiger partial charge in [-0.1, -0.05) is 118 Å². The summed E-state index contributed by atoms with van der Waals surface area (Å²) in [6.07, 6.45) is 5.96. The van der Waals surface area contributed by atoms with Crippen molar-refractivity contribution in [3.8, 4) is 16.9 Å². The molecule has 1 aliphatic rings. The molecule has 1 aliphatic carbocycles. The van der Waals surface area contributed by atoms with E-state index in [0.29, 0.717) is 5.54 Å². The van der Waals surface area contributed by atoms with Gasteiger partial charge in [-0.05, 0) is 62.6 Å². The number of halogens is 1. The molecule has 4 heteroatoms. The van der Waals surface area contributed by atoms with E-state index in [9.17, 15) is 4.39 Å². The highest BCUT2D eigenvalue weighted by molar-refractivity contribution is 6.98. The van der Waals surface area contributed by atoms with Gasteiger partial charge in [0.25, 0.3) is 8.32 Å². The Bertz CT molecular complexity index is 1010. The zero-order chi connectivity index (χ0) is 26.7. The smallest absolute Gasteiger partial charge is 0.259 e. The predicted octanol–water partition coefficient (Wildman–Crippen LogP) is 10.7. The molecular formula is C32H50FOSi2. The van der Waals surface area contributed by atoms with E-state index in [-0.39, 0.29) is 10.9 Å². The van der Waals surface area contributed by atoms with Crippen molar-refractivity contribution >= 4 is 16.4 Å². The fourth-order valence-electron chi connectivity index (χ4n) is 7.53. The van der Waals surface area contributed by atoms with Crippen LogP contribution in [0.3, 0.4) is 0 Å². The molecule has 2 atom stereocenters. The van der Waals surface area contributed by atoms with Crippen LogP contribution in [0.25, 0.3) is 11.1 Å². The first-order chi connectivity index (χ1) is 17.0. The second-order valence-corrected chi connectivity index (χ2v) is 23.7. The molecule has 0 saturated heterocycles. The summed E-state index contributed by atoms with van der Waals surface area (Å²) in [7, 11) is -3.87. The van der Waals surface area contributed by atoms with Gasteiger partial charge in [-0.3, -0.25) is 0 Å². The van der Waals surface area contributed by atoms with Crippen LogP contribution in [0, 0.1) is 11.9 Å². The van der Waals surface area contributed by atoms with Crippen molar-refractivity contribution in [3.05, 3.63) is 53.3 Å². The molecule has 1 radical (unpaired) electrons. The number of fused-ring (bicyclic) bond motifs is 3. The third-order valence-electron chi connectivity index (χ3n) is 9.51. The molecular weight excluding hydrogens is 476 g/mol.